The van der Waals surface area contributed by atoms with Crippen LogP contribution in [0.25, 0.3) is 22.5 Å². The standard InChI is InChI=1S/C19H16N2O4/c22-16(23)11-15(19(24)25)21-12-20-17(13-7-3-1-4-8-13)18(21)14-9-5-2-6-10-14/h1-10,12,15H,11H2,(H,22,23)(H,24,25). The summed E-state index contributed by atoms with van der Waals surface area (Å²) in [7, 11) is 0. The van der Waals surface area contributed by atoms with Gasteiger partial charge in [-0.2, -0.15) is 0 Å². The van der Waals surface area contributed by atoms with Crippen LogP contribution in [0.3, 0.4) is 0 Å². The number of aliphatic carboxylic acids is 2. The minimum Gasteiger partial charge on any atom is -0.481 e. The van der Waals surface area contributed by atoms with Crippen molar-refractivity contribution in [1.29, 1.82) is 0 Å². The molecular weight excluding hydrogens is 320 g/mol. The fraction of sp³-hybridized carbons (Fsp3) is 0.105. The summed E-state index contributed by atoms with van der Waals surface area (Å²) in [6.45, 7) is 0. The average molecular weight is 336 g/mol. The van der Waals surface area contributed by atoms with E-state index in [0.29, 0.717) is 11.4 Å². The highest BCUT2D eigenvalue weighted by molar-refractivity contribution is 5.83. The second-order valence-corrected chi connectivity index (χ2v) is 5.53. The number of carbonyl (C=O) groups is 2. The largest absolute Gasteiger partial charge is 0.481 e. The number of aromatic nitrogens is 2. The molecule has 1 heterocycles. The fourth-order valence-electron chi connectivity index (χ4n) is 2.76. The molecule has 25 heavy (non-hydrogen) atoms. The maximum absolute atomic E-state index is 11.7. The molecule has 0 saturated heterocycles. The van der Waals surface area contributed by atoms with Crippen molar-refractivity contribution in [2.45, 2.75) is 12.5 Å². The zero-order chi connectivity index (χ0) is 17.8. The van der Waals surface area contributed by atoms with E-state index in [-0.39, 0.29) is 0 Å². The summed E-state index contributed by atoms with van der Waals surface area (Å²) in [5, 5.41) is 18.6. The van der Waals surface area contributed by atoms with Crippen molar-refractivity contribution in [2.24, 2.45) is 0 Å². The van der Waals surface area contributed by atoms with Crippen LogP contribution in [0.4, 0.5) is 0 Å². The molecule has 3 rings (SSSR count). The summed E-state index contributed by atoms with van der Waals surface area (Å²) in [5.41, 5.74) is 2.80. The minimum atomic E-state index is -1.24. The maximum Gasteiger partial charge on any atom is 0.327 e. The summed E-state index contributed by atoms with van der Waals surface area (Å²) < 4.78 is 1.42. The van der Waals surface area contributed by atoms with Crippen LogP contribution in [0, 0.1) is 0 Å². The fourth-order valence-corrected chi connectivity index (χ4v) is 2.76. The lowest BCUT2D eigenvalue weighted by Crippen LogP contribution is -2.22. The van der Waals surface area contributed by atoms with Crippen molar-refractivity contribution in [3.63, 3.8) is 0 Å². The van der Waals surface area contributed by atoms with Gasteiger partial charge in [-0.1, -0.05) is 60.7 Å². The molecule has 2 aromatic carbocycles. The van der Waals surface area contributed by atoms with Crippen molar-refractivity contribution in [3.8, 4) is 22.5 Å². The minimum absolute atomic E-state index is 0.528. The highest BCUT2D eigenvalue weighted by atomic mass is 16.4. The third kappa shape index (κ3) is 3.42. The van der Waals surface area contributed by atoms with E-state index in [1.165, 1.54) is 10.9 Å². The van der Waals surface area contributed by atoms with Gasteiger partial charge in [0.15, 0.2) is 0 Å². The van der Waals surface area contributed by atoms with E-state index in [1.54, 1.807) is 0 Å². The van der Waals surface area contributed by atoms with E-state index in [4.69, 9.17) is 5.11 Å². The molecule has 0 spiro atoms. The number of benzene rings is 2. The maximum atomic E-state index is 11.7. The third-order valence-electron chi connectivity index (χ3n) is 3.88. The van der Waals surface area contributed by atoms with Gasteiger partial charge in [0.2, 0.25) is 0 Å². The Morgan fingerprint density at radius 2 is 1.48 bits per heavy atom. The Morgan fingerprint density at radius 3 is 2.00 bits per heavy atom. The lowest BCUT2D eigenvalue weighted by atomic mass is 10.0. The van der Waals surface area contributed by atoms with Gasteiger partial charge < -0.3 is 14.8 Å². The van der Waals surface area contributed by atoms with Crippen molar-refractivity contribution in [3.05, 3.63) is 67.0 Å². The lowest BCUT2D eigenvalue weighted by Gasteiger charge is -2.16. The number of carboxylic acid groups (broad SMARTS) is 2. The van der Waals surface area contributed by atoms with Crippen LogP contribution in [0.2, 0.25) is 0 Å². The molecule has 0 amide bonds. The van der Waals surface area contributed by atoms with Crippen LogP contribution < -0.4 is 0 Å². The Balaban J connectivity index is 2.21. The Hall–Kier alpha value is -3.41. The third-order valence-corrected chi connectivity index (χ3v) is 3.88. The zero-order valence-corrected chi connectivity index (χ0v) is 13.2. The topological polar surface area (TPSA) is 92.4 Å². The highest BCUT2D eigenvalue weighted by Gasteiger charge is 2.27. The molecule has 6 nitrogen and oxygen atoms in total. The molecule has 0 aliphatic heterocycles. The molecule has 1 unspecified atom stereocenters. The van der Waals surface area contributed by atoms with Crippen molar-refractivity contribution in [1.82, 2.24) is 9.55 Å². The molecule has 1 atom stereocenters. The van der Waals surface area contributed by atoms with Crippen molar-refractivity contribution < 1.29 is 19.8 Å². The van der Waals surface area contributed by atoms with Gasteiger partial charge in [-0.05, 0) is 0 Å². The van der Waals surface area contributed by atoms with E-state index >= 15 is 0 Å². The molecule has 0 bridgehead atoms. The van der Waals surface area contributed by atoms with Crippen LogP contribution >= 0.6 is 0 Å². The van der Waals surface area contributed by atoms with Crippen LogP contribution in [-0.4, -0.2) is 31.7 Å². The average Bonchev–Trinajstić information content (AvgIpc) is 3.05. The molecule has 0 aliphatic carbocycles. The van der Waals surface area contributed by atoms with Crippen molar-refractivity contribution in [2.75, 3.05) is 0 Å². The van der Waals surface area contributed by atoms with Gasteiger partial charge in [-0.15, -0.1) is 0 Å². The van der Waals surface area contributed by atoms with Crippen LogP contribution in [-0.2, 0) is 9.59 Å². The van der Waals surface area contributed by atoms with Crippen LogP contribution in [0.1, 0.15) is 12.5 Å². The van der Waals surface area contributed by atoms with E-state index in [9.17, 15) is 14.7 Å². The van der Waals surface area contributed by atoms with E-state index < -0.39 is 24.4 Å². The first-order valence-corrected chi connectivity index (χ1v) is 7.70. The summed E-state index contributed by atoms with van der Waals surface area (Å²) in [5.74, 6) is -2.39. The Kier molecular flexibility index (Phi) is 4.61. The van der Waals surface area contributed by atoms with Gasteiger partial charge in [-0.25, -0.2) is 9.78 Å². The monoisotopic (exact) mass is 336 g/mol. The van der Waals surface area contributed by atoms with Crippen LogP contribution in [0.5, 0.6) is 0 Å². The molecule has 0 fully saturated rings. The predicted molar refractivity (Wildman–Crippen MR) is 92.0 cm³/mol. The quantitative estimate of drug-likeness (QED) is 0.720. The van der Waals surface area contributed by atoms with Crippen molar-refractivity contribution >= 4 is 11.9 Å². The lowest BCUT2D eigenvalue weighted by molar-refractivity contribution is -0.147. The normalized spacial score (nSPS) is 11.8. The summed E-state index contributed by atoms with van der Waals surface area (Å²) in [6.07, 6.45) is 0.867. The number of hydrogen-bond donors (Lipinski definition) is 2. The van der Waals surface area contributed by atoms with Gasteiger partial charge in [0.05, 0.1) is 24.1 Å². The van der Waals surface area contributed by atoms with Gasteiger partial charge in [0.25, 0.3) is 0 Å². The zero-order valence-electron chi connectivity index (χ0n) is 13.2. The summed E-state index contributed by atoms with van der Waals surface area (Å²) in [6, 6.07) is 17.4. The Bertz CT molecular complexity index is 888. The van der Waals surface area contributed by atoms with E-state index in [1.807, 2.05) is 60.7 Å². The second kappa shape index (κ2) is 7.00. The molecule has 2 N–H and O–H groups in total. The SMILES string of the molecule is O=C(O)CC(C(=O)O)n1cnc(-c2ccccc2)c1-c1ccccc1. The number of rotatable bonds is 6. The first-order valence-electron chi connectivity index (χ1n) is 7.70. The van der Waals surface area contributed by atoms with Gasteiger partial charge >= 0.3 is 11.9 Å². The number of nitrogens with zero attached hydrogens (tertiary/aromatic N) is 2. The molecule has 0 aliphatic rings. The Morgan fingerprint density at radius 1 is 0.920 bits per heavy atom. The number of imidazole rings is 1. The first-order chi connectivity index (χ1) is 12.1. The Labute approximate surface area is 144 Å². The highest BCUT2D eigenvalue weighted by Crippen LogP contribution is 2.33. The van der Waals surface area contributed by atoms with Gasteiger partial charge in [0, 0.05) is 11.1 Å². The smallest absolute Gasteiger partial charge is 0.327 e. The van der Waals surface area contributed by atoms with Gasteiger partial charge in [-0.3, -0.25) is 4.79 Å². The van der Waals surface area contributed by atoms with Crippen LogP contribution in [0.15, 0.2) is 67.0 Å². The van der Waals surface area contributed by atoms with E-state index in [0.717, 1.165) is 11.1 Å². The molecule has 1 aromatic heterocycles. The molecule has 126 valence electrons. The second-order valence-electron chi connectivity index (χ2n) is 5.53. The van der Waals surface area contributed by atoms with Gasteiger partial charge in [0.1, 0.15) is 6.04 Å². The summed E-state index contributed by atoms with van der Waals surface area (Å²) >= 11 is 0. The summed E-state index contributed by atoms with van der Waals surface area (Å²) in [4.78, 5) is 27.1. The molecular formula is C19H16N2O4. The first kappa shape index (κ1) is 16.4. The van der Waals surface area contributed by atoms with E-state index in [2.05, 4.69) is 4.98 Å². The molecule has 0 saturated carbocycles. The number of hydrogen-bond acceptors (Lipinski definition) is 3. The molecule has 0 radical (unpaired) electrons. The predicted octanol–water partition coefficient (Wildman–Crippen LogP) is 3.32. The molecule has 6 heteroatoms. The number of carboxylic acids is 2. The molecule has 3 aromatic rings.